The van der Waals surface area contributed by atoms with E-state index in [0.29, 0.717) is 6.42 Å². The first-order valence-electron chi connectivity index (χ1n) is 9.74. The molecule has 0 heterocycles. The van der Waals surface area contributed by atoms with Gasteiger partial charge in [0.1, 0.15) is 6.61 Å². The molecule has 0 radical (unpaired) electrons. The van der Waals surface area contributed by atoms with Gasteiger partial charge in [-0.05, 0) is 48.9 Å². The summed E-state index contributed by atoms with van der Waals surface area (Å²) in [4.78, 5) is 44.8. The summed E-state index contributed by atoms with van der Waals surface area (Å²) in [5.74, 6) is 17.2. The van der Waals surface area contributed by atoms with Gasteiger partial charge in [-0.25, -0.2) is 4.79 Å². The molecule has 0 spiro atoms. The quantitative estimate of drug-likeness (QED) is 0.0623. The Labute approximate surface area is 240 Å². The van der Waals surface area contributed by atoms with E-state index in [0.717, 1.165) is 32.1 Å². The van der Waals surface area contributed by atoms with Crippen LogP contribution in [0.2, 0.25) is 0 Å². The fourth-order valence-corrected chi connectivity index (χ4v) is 2.41. The van der Waals surface area contributed by atoms with E-state index in [1.165, 1.54) is 0 Å². The largest absolute Gasteiger partial charge is 1.00 e. The van der Waals surface area contributed by atoms with E-state index in [1.807, 2.05) is 0 Å². The summed E-state index contributed by atoms with van der Waals surface area (Å²) < 4.78 is 24.7. The van der Waals surface area contributed by atoms with Crippen molar-refractivity contribution in [3.05, 3.63) is 0 Å². The molecule has 0 aromatic carbocycles. The van der Waals surface area contributed by atoms with Crippen molar-refractivity contribution in [2.45, 2.75) is 64.9 Å². The molecule has 0 aromatic heterocycles. The number of ether oxygens (including phenoxy) is 2. The van der Waals surface area contributed by atoms with Gasteiger partial charge in [-0.1, -0.05) is 44.9 Å². The van der Waals surface area contributed by atoms with Crippen LogP contribution in [-0.4, -0.2) is 31.3 Å². The van der Waals surface area contributed by atoms with Gasteiger partial charge >= 0.3 is 71.1 Å². The smallest absolute Gasteiger partial charge is 0.790 e. The molecule has 0 aliphatic heterocycles. The van der Waals surface area contributed by atoms with Gasteiger partial charge in [0.2, 0.25) is 0 Å². The molecule has 8 nitrogen and oxygen atoms in total. The minimum absolute atomic E-state index is 0. The maximum atomic E-state index is 11.9. The molecule has 0 saturated carbocycles. The molecular weight excluding hydrogens is 469 g/mol. The number of carbonyl (C=O) groups is 2. The third-order valence-electron chi connectivity index (χ3n) is 3.45. The first-order valence-corrected chi connectivity index (χ1v) is 11.2. The molecule has 1 atom stereocenters. The first-order chi connectivity index (χ1) is 14.8. The Hall–Kier alpha value is -0.710. The Kier molecular flexibility index (Phi) is 27.3. The Morgan fingerprint density at radius 2 is 1.45 bits per heavy atom. The Balaban J connectivity index is -0.00000450. The number of esters is 2. The van der Waals surface area contributed by atoms with Crippen LogP contribution in [0.15, 0.2) is 0 Å². The molecule has 168 valence electrons. The Bertz CT molecular complexity index is 869. The predicted molar refractivity (Wildman–Crippen MR) is 109 cm³/mol. The van der Waals surface area contributed by atoms with Crippen LogP contribution in [0.3, 0.4) is 0 Å². The monoisotopic (exact) mass is 494 g/mol. The predicted octanol–water partition coefficient (Wildman–Crippen LogP) is -4.92. The van der Waals surface area contributed by atoms with Gasteiger partial charge in [0.15, 0.2) is 6.10 Å². The average molecular weight is 494 g/mol. The Morgan fingerprint density at radius 3 is 2.06 bits per heavy atom. The third kappa shape index (κ3) is 27.4. The van der Waals surface area contributed by atoms with E-state index in [-0.39, 0.29) is 65.5 Å². The van der Waals surface area contributed by atoms with Crippen molar-refractivity contribution in [3.63, 3.8) is 0 Å². The van der Waals surface area contributed by atoms with Gasteiger partial charge in [-0.2, -0.15) is 0 Å². The number of unbranched alkanes of at least 4 members (excludes halogenated alkanes) is 5. The zero-order valence-electron chi connectivity index (χ0n) is 19.7. The van der Waals surface area contributed by atoms with Crippen molar-refractivity contribution in [2.24, 2.45) is 0 Å². The maximum absolute atomic E-state index is 11.9. The second-order valence-corrected chi connectivity index (χ2v) is 7.25. The third-order valence-corrected chi connectivity index (χ3v) is 3.92. The summed E-state index contributed by atoms with van der Waals surface area (Å²) in [6.07, 6.45) is 4.65. The van der Waals surface area contributed by atoms with Gasteiger partial charge in [0, 0.05) is 12.3 Å². The summed E-state index contributed by atoms with van der Waals surface area (Å²) in [6, 6.07) is 0. The molecule has 0 rings (SSSR count). The number of hydrogen-bond donors (Lipinski definition) is 0. The molecule has 0 aliphatic rings. The van der Waals surface area contributed by atoms with E-state index in [4.69, 9.17) is 9.47 Å². The minimum Gasteiger partial charge on any atom is -0.790 e. The van der Waals surface area contributed by atoms with E-state index in [9.17, 15) is 23.9 Å². The van der Waals surface area contributed by atoms with Gasteiger partial charge in [-0.15, -0.1) is 0 Å². The van der Waals surface area contributed by atoms with Crippen molar-refractivity contribution < 1.29 is 97.1 Å². The minimum atomic E-state index is -5.28. The van der Waals surface area contributed by atoms with Gasteiger partial charge in [0.05, 0.1) is 14.4 Å². The fourth-order valence-electron chi connectivity index (χ4n) is 2.06. The summed E-state index contributed by atoms with van der Waals surface area (Å²) in [7, 11) is -5.28. The SMILES string of the molecule is CC#CC#CC#CC#CC(=O)OC[C@H](COP(=O)([O-])[O-])OC(=O)CCCCCCCC.[Na+].[Na+]. The standard InChI is InChI=1S/C22H27O8P.2Na/c1-3-5-7-9-11-13-14-16-21(23)28-18-20(19-29-31(25,26)27)30-22(24)17-15-12-10-8-6-4-2;;/h20H,4,6,8,10,12,15,17-19H2,1-2H3,(H2,25,26,27);;/q;2*+1/p-2/t20-;;/m1../s1. The molecule has 0 fully saturated rings. The zero-order valence-corrected chi connectivity index (χ0v) is 24.5. The summed E-state index contributed by atoms with van der Waals surface area (Å²) >= 11 is 0. The normalized spacial score (nSPS) is 9.82. The van der Waals surface area contributed by atoms with Crippen LogP contribution in [0.1, 0.15) is 58.8 Å². The second-order valence-electron chi connectivity index (χ2n) is 6.10. The summed E-state index contributed by atoms with van der Waals surface area (Å²) in [5, 5.41) is 0. The van der Waals surface area contributed by atoms with Crippen LogP contribution in [0.4, 0.5) is 0 Å². The Morgan fingerprint density at radius 1 is 0.879 bits per heavy atom. The fraction of sp³-hybridized carbons (Fsp3) is 0.545. The molecule has 0 aliphatic carbocycles. The van der Waals surface area contributed by atoms with E-state index < -0.39 is 39.1 Å². The van der Waals surface area contributed by atoms with Gasteiger partial charge < -0.3 is 28.3 Å². The summed E-state index contributed by atoms with van der Waals surface area (Å²) in [6.45, 7) is 2.43. The number of rotatable bonds is 13. The summed E-state index contributed by atoms with van der Waals surface area (Å²) in [5.41, 5.74) is 0. The molecule has 11 heteroatoms. The van der Waals surface area contributed by atoms with Crippen molar-refractivity contribution in [3.8, 4) is 47.4 Å². The molecule has 0 aromatic rings. The van der Waals surface area contributed by atoms with Crippen LogP contribution in [0.25, 0.3) is 0 Å². The van der Waals surface area contributed by atoms with Crippen LogP contribution in [-0.2, 0) is 28.2 Å². The number of phosphoric acid groups is 1. The number of phosphoric ester groups is 1. The zero-order chi connectivity index (χ0) is 23.4. The second kappa shape index (κ2) is 24.4. The molecule has 33 heavy (non-hydrogen) atoms. The molecule has 0 amide bonds. The van der Waals surface area contributed by atoms with Gasteiger partial charge in [0.25, 0.3) is 0 Å². The van der Waals surface area contributed by atoms with Crippen LogP contribution >= 0.6 is 7.82 Å². The van der Waals surface area contributed by atoms with Crippen molar-refractivity contribution in [2.75, 3.05) is 13.2 Å². The average Bonchev–Trinajstić information content (AvgIpc) is 2.71. The molecule has 0 saturated heterocycles. The van der Waals surface area contributed by atoms with E-state index >= 15 is 0 Å². The van der Waals surface area contributed by atoms with Crippen molar-refractivity contribution in [1.82, 2.24) is 0 Å². The molecule has 0 bridgehead atoms. The van der Waals surface area contributed by atoms with Crippen LogP contribution < -0.4 is 68.9 Å². The topological polar surface area (TPSA) is 125 Å². The van der Waals surface area contributed by atoms with Crippen molar-refractivity contribution >= 4 is 19.8 Å². The number of carbonyl (C=O) groups excluding carboxylic acids is 2. The van der Waals surface area contributed by atoms with Crippen molar-refractivity contribution in [1.29, 1.82) is 0 Å². The first kappa shape index (κ1) is 36.9. The van der Waals surface area contributed by atoms with E-state index in [2.05, 4.69) is 58.8 Å². The number of hydrogen-bond acceptors (Lipinski definition) is 8. The van der Waals surface area contributed by atoms with E-state index in [1.54, 1.807) is 6.92 Å². The molecule has 0 N–H and O–H groups in total. The van der Waals surface area contributed by atoms with Crippen LogP contribution in [0.5, 0.6) is 0 Å². The molecular formula is C22H25Na2O8P. The molecule has 0 unspecified atom stereocenters. The van der Waals surface area contributed by atoms with Gasteiger partial charge in [-0.3, -0.25) is 4.79 Å². The maximum Gasteiger partial charge on any atom is 1.00 e. The van der Waals surface area contributed by atoms with Crippen LogP contribution in [0, 0.1) is 47.4 Å².